The van der Waals surface area contributed by atoms with Crippen LogP contribution in [0.2, 0.25) is 6.04 Å². The van der Waals surface area contributed by atoms with Crippen LogP contribution >= 0.6 is 0 Å². The maximum Gasteiger partial charge on any atom is 0.502 e. The van der Waals surface area contributed by atoms with E-state index in [1.165, 1.54) is 89.9 Å². The number of hydrogen-bond donors (Lipinski definition) is 0. The molecule has 0 spiro atoms. The highest BCUT2D eigenvalue weighted by Gasteiger charge is 2.37. The lowest BCUT2D eigenvalue weighted by atomic mass is 10.0. The van der Waals surface area contributed by atoms with Crippen molar-refractivity contribution in [3.05, 3.63) is 0 Å². The molecule has 0 aromatic heterocycles. The zero-order valence-corrected chi connectivity index (χ0v) is 19.9. The first-order valence-corrected chi connectivity index (χ1v) is 13.4. The Kier molecular flexibility index (Phi) is 20.8. The number of ether oxygens (including phenoxy) is 1. The second kappa shape index (κ2) is 20.8. The molecule has 0 aliphatic rings. The van der Waals surface area contributed by atoms with Crippen LogP contribution in [0, 0.1) is 0 Å². The summed E-state index contributed by atoms with van der Waals surface area (Å²) in [6.45, 7) is 3.77. The summed E-state index contributed by atoms with van der Waals surface area (Å²) in [5.41, 5.74) is 0. The van der Waals surface area contributed by atoms with Gasteiger partial charge in [0, 0.05) is 34.0 Å². The van der Waals surface area contributed by atoms with Crippen molar-refractivity contribution in [3.63, 3.8) is 0 Å². The molecule has 5 heteroatoms. The zero-order chi connectivity index (χ0) is 20.1. The molecule has 0 aromatic rings. The zero-order valence-electron chi connectivity index (χ0n) is 18.9. The van der Waals surface area contributed by atoms with Gasteiger partial charge in [-0.05, 0) is 6.42 Å². The van der Waals surface area contributed by atoms with Gasteiger partial charge in [-0.15, -0.1) is 0 Å². The molecular weight excluding hydrogens is 356 g/mol. The summed E-state index contributed by atoms with van der Waals surface area (Å²) in [6.07, 6.45) is 20.9. The van der Waals surface area contributed by atoms with E-state index in [4.69, 9.17) is 18.0 Å². The fourth-order valence-electron chi connectivity index (χ4n) is 3.43. The second-order valence-corrected chi connectivity index (χ2v) is 10.7. The molecule has 164 valence electrons. The fourth-order valence-corrected chi connectivity index (χ4v) is 4.94. The van der Waals surface area contributed by atoms with Gasteiger partial charge in [0.05, 0.1) is 6.61 Å². The average Bonchev–Trinajstić information content (AvgIpc) is 2.70. The monoisotopic (exact) mass is 404 g/mol. The van der Waals surface area contributed by atoms with Gasteiger partial charge in [0.2, 0.25) is 0 Å². The van der Waals surface area contributed by atoms with Crippen molar-refractivity contribution >= 4 is 8.80 Å². The molecule has 0 aliphatic carbocycles. The summed E-state index contributed by atoms with van der Waals surface area (Å²) >= 11 is 0. The number of rotatable bonds is 22. The topological polar surface area (TPSA) is 36.9 Å². The van der Waals surface area contributed by atoms with Crippen LogP contribution in [0.15, 0.2) is 0 Å². The van der Waals surface area contributed by atoms with Crippen LogP contribution in [0.1, 0.15) is 103 Å². The Labute approximate surface area is 171 Å². The van der Waals surface area contributed by atoms with Gasteiger partial charge >= 0.3 is 8.80 Å². The minimum atomic E-state index is -2.45. The predicted octanol–water partition coefficient (Wildman–Crippen LogP) is 6.75. The molecule has 0 saturated carbocycles. The van der Waals surface area contributed by atoms with Crippen LogP contribution in [0.5, 0.6) is 0 Å². The third kappa shape index (κ3) is 16.7. The minimum Gasteiger partial charge on any atom is -0.381 e. The van der Waals surface area contributed by atoms with E-state index in [-0.39, 0.29) is 0 Å². The molecule has 0 N–H and O–H groups in total. The summed E-state index contributed by atoms with van der Waals surface area (Å²) in [4.78, 5) is 0. The molecule has 0 radical (unpaired) electrons. The smallest absolute Gasteiger partial charge is 0.381 e. The first-order chi connectivity index (χ1) is 13.2. The van der Waals surface area contributed by atoms with Gasteiger partial charge in [-0.25, -0.2) is 0 Å². The average molecular weight is 405 g/mol. The van der Waals surface area contributed by atoms with E-state index in [2.05, 4.69) is 6.92 Å². The van der Waals surface area contributed by atoms with Crippen LogP contribution in [0.3, 0.4) is 0 Å². The van der Waals surface area contributed by atoms with Crippen molar-refractivity contribution in [2.45, 2.75) is 109 Å². The van der Waals surface area contributed by atoms with Gasteiger partial charge in [-0.3, -0.25) is 0 Å². The molecule has 0 heterocycles. The SMILES string of the molecule is CCCCCCCCCCCCCCCCCOCC[Si](OC)(OC)OC. The standard InChI is InChI=1S/C22H48O4Si/c1-5-6-7-8-9-10-11-12-13-14-15-16-17-18-19-20-26-21-22-27(23-2,24-3)25-4/h5-22H2,1-4H3. The van der Waals surface area contributed by atoms with Crippen LogP contribution in [-0.4, -0.2) is 43.3 Å². The van der Waals surface area contributed by atoms with E-state index < -0.39 is 8.80 Å². The van der Waals surface area contributed by atoms with Crippen LogP contribution in [0.25, 0.3) is 0 Å². The Bertz CT molecular complexity index is 277. The molecule has 0 rings (SSSR count). The minimum absolute atomic E-state index is 0.653. The first-order valence-electron chi connectivity index (χ1n) is 11.5. The molecule has 0 unspecified atom stereocenters. The largest absolute Gasteiger partial charge is 0.502 e. The van der Waals surface area contributed by atoms with Gasteiger partial charge in [0.1, 0.15) is 0 Å². The predicted molar refractivity (Wildman–Crippen MR) is 117 cm³/mol. The number of hydrogen-bond acceptors (Lipinski definition) is 4. The van der Waals surface area contributed by atoms with E-state index in [0.717, 1.165) is 19.1 Å². The molecule has 0 amide bonds. The molecule has 0 bridgehead atoms. The Morgan fingerprint density at radius 2 is 0.852 bits per heavy atom. The summed E-state index contributed by atoms with van der Waals surface area (Å²) in [5.74, 6) is 0. The van der Waals surface area contributed by atoms with Crippen LogP contribution < -0.4 is 0 Å². The van der Waals surface area contributed by atoms with E-state index >= 15 is 0 Å². The molecule has 0 saturated heterocycles. The van der Waals surface area contributed by atoms with E-state index in [1.807, 2.05) is 0 Å². The third-order valence-corrected chi connectivity index (χ3v) is 8.06. The van der Waals surface area contributed by atoms with Crippen LogP contribution in [0.4, 0.5) is 0 Å². The van der Waals surface area contributed by atoms with E-state index in [0.29, 0.717) is 6.61 Å². The molecule has 0 atom stereocenters. The van der Waals surface area contributed by atoms with Gasteiger partial charge in [-0.1, -0.05) is 96.8 Å². The van der Waals surface area contributed by atoms with Gasteiger partial charge in [0.15, 0.2) is 0 Å². The Balaban J connectivity index is 3.19. The van der Waals surface area contributed by atoms with Crippen molar-refractivity contribution in [3.8, 4) is 0 Å². The fraction of sp³-hybridized carbons (Fsp3) is 1.00. The molecule has 4 nitrogen and oxygen atoms in total. The molecule has 27 heavy (non-hydrogen) atoms. The van der Waals surface area contributed by atoms with E-state index in [1.54, 1.807) is 21.3 Å². The summed E-state index contributed by atoms with van der Waals surface area (Å²) in [7, 11) is 2.49. The molecular formula is C22H48O4Si. The van der Waals surface area contributed by atoms with Gasteiger partial charge < -0.3 is 18.0 Å². The molecule has 0 fully saturated rings. The first kappa shape index (κ1) is 27.1. The second-order valence-electron chi connectivity index (χ2n) is 7.61. The normalized spacial score (nSPS) is 12.0. The molecule has 0 aliphatic heterocycles. The highest BCUT2D eigenvalue weighted by Crippen LogP contribution is 2.14. The molecule has 0 aromatic carbocycles. The summed E-state index contributed by atoms with van der Waals surface area (Å²) in [6, 6.07) is 0.718. The Morgan fingerprint density at radius 3 is 1.22 bits per heavy atom. The summed E-state index contributed by atoms with van der Waals surface area (Å²) in [5, 5.41) is 0. The highest BCUT2D eigenvalue weighted by molar-refractivity contribution is 6.60. The van der Waals surface area contributed by atoms with Crippen molar-refractivity contribution in [2.75, 3.05) is 34.5 Å². The Morgan fingerprint density at radius 1 is 0.481 bits per heavy atom. The lowest BCUT2D eigenvalue weighted by molar-refractivity contribution is 0.0940. The quantitative estimate of drug-likeness (QED) is 0.148. The highest BCUT2D eigenvalue weighted by atomic mass is 28.4. The number of unbranched alkanes of at least 4 members (excludes halogenated alkanes) is 14. The van der Waals surface area contributed by atoms with Crippen molar-refractivity contribution in [2.24, 2.45) is 0 Å². The van der Waals surface area contributed by atoms with Crippen molar-refractivity contribution < 1.29 is 18.0 Å². The van der Waals surface area contributed by atoms with Gasteiger partial charge in [-0.2, -0.15) is 0 Å². The van der Waals surface area contributed by atoms with Crippen molar-refractivity contribution in [1.29, 1.82) is 0 Å². The lowest BCUT2D eigenvalue weighted by Crippen LogP contribution is -2.43. The van der Waals surface area contributed by atoms with Gasteiger partial charge in [0.25, 0.3) is 0 Å². The maximum atomic E-state index is 5.70. The van der Waals surface area contributed by atoms with E-state index in [9.17, 15) is 0 Å². The lowest BCUT2D eigenvalue weighted by Gasteiger charge is -2.24. The maximum absolute atomic E-state index is 5.70. The van der Waals surface area contributed by atoms with Crippen molar-refractivity contribution in [1.82, 2.24) is 0 Å². The Hall–Kier alpha value is 0.0569. The van der Waals surface area contributed by atoms with Crippen LogP contribution in [-0.2, 0) is 18.0 Å². The third-order valence-electron chi connectivity index (χ3n) is 5.38. The summed E-state index contributed by atoms with van der Waals surface area (Å²) < 4.78 is 21.9.